The Morgan fingerprint density at radius 2 is 0.792 bits per heavy atom. The Kier molecular flexibility index (Phi) is 16.9. The Morgan fingerprint density at radius 3 is 1.11 bits per heavy atom. The maximum absolute atomic E-state index is 11.2. The van der Waals surface area contributed by atoms with Crippen molar-refractivity contribution in [1.82, 2.24) is 0 Å². The summed E-state index contributed by atoms with van der Waals surface area (Å²) in [5.41, 5.74) is 5.31. The largest absolute Gasteiger partial charge is 0.744 e. The van der Waals surface area contributed by atoms with Crippen LogP contribution in [-0.4, -0.2) is 13.0 Å². The topological polar surface area (TPSA) is 57.2 Å². The van der Waals surface area contributed by atoms with Gasteiger partial charge >= 0.3 is 0 Å². The van der Waals surface area contributed by atoms with Gasteiger partial charge < -0.3 is 4.55 Å². The van der Waals surface area contributed by atoms with Gasteiger partial charge in [-0.2, -0.15) is 0 Å². The van der Waals surface area contributed by atoms with Crippen LogP contribution in [0.15, 0.2) is 117 Å². The summed E-state index contributed by atoms with van der Waals surface area (Å²) in [4.78, 5) is 4.07. The van der Waals surface area contributed by atoms with E-state index < -0.39 is 10.1 Å². The van der Waals surface area contributed by atoms with E-state index in [2.05, 4.69) is 142 Å². The molecule has 0 heterocycles. The van der Waals surface area contributed by atoms with Crippen molar-refractivity contribution in [2.75, 3.05) is 0 Å². The zero-order valence-electron chi connectivity index (χ0n) is 34.6. The van der Waals surface area contributed by atoms with Gasteiger partial charge in [-0.1, -0.05) is 182 Å². The molecule has 0 aromatic heterocycles. The van der Waals surface area contributed by atoms with E-state index in [4.69, 9.17) is 0 Å². The van der Waals surface area contributed by atoms with E-state index in [1.54, 1.807) is 18.2 Å². The number of unbranched alkanes of at least 4 members (excludes halogenated alkanes) is 9. The maximum Gasteiger partial charge on any atom is 0.166 e. The van der Waals surface area contributed by atoms with Crippen molar-refractivity contribution in [3.8, 4) is 0 Å². The maximum atomic E-state index is 11.2. The first kappa shape index (κ1) is 44.5. The predicted molar refractivity (Wildman–Crippen MR) is 228 cm³/mol. The molecule has 3 nitrogen and oxygen atoms in total. The van der Waals surface area contributed by atoms with Crippen molar-refractivity contribution >= 4 is 21.0 Å². The molecule has 0 aliphatic heterocycles. The molecule has 0 bridgehead atoms. The molecule has 0 amide bonds. The van der Waals surface area contributed by atoms with E-state index >= 15 is 0 Å². The molecule has 0 aliphatic carbocycles. The summed E-state index contributed by atoms with van der Waals surface area (Å²) in [6.07, 6.45) is 13.2. The fourth-order valence-electron chi connectivity index (χ4n) is 6.44. The van der Waals surface area contributed by atoms with Gasteiger partial charge in [-0.25, -0.2) is 8.42 Å². The van der Waals surface area contributed by atoms with Gasteiger partial charge in [0.2, 0.25) is 0 Å². The van der Waals surface area contributed by atoms with Crippen molar-refractivity contribution < 1.29 is 13.0 Å². The lowest BCUT2D eigenvalue weighted by Crippen LogP contribution is -2.13. The van der Waals surface area contributed by atoms with Gasteiger partial charge in [0.25, 0.3) is 0 Å². The minimum absolute atomic E-state index is 0.0501. The SMILES string of the molecule is CC(C)(C)c1ccc([S+](c2ccc(C(C)(C)C)cc2)c2ccc(C(C)(C)C)cc2)cc1.CCCCCCCCCCCCc1ccccc1S(=O)(=O)[O-]. The molecule has 0 aliphatic rings. The monoisotopic (exact) mass is 756 g/mol. The Morgan fingerprint density at radius 1 is 0.472 bits per heavy atom. The molecule has 4 aromatic rings. The van der Waals surface area contributed by atoms with Gasteiger partial charge in [0, 0.05) is 0 Å². The smallest absolute Gasteiger partial charge is 0.166 e. The third-order valence-corrected chi connectivity index (χ3v) is 13.1. The summed E-state index contributed by atoms with van der Waals surface area (Å²) in [5.74, 6) is 0. The van der Waals surface area contributed by atoms with Crippen molar-refractivity contribution in [3.05, 3.63) is 119 Å². The van der Waals surface area contributed by atoms with Gasteiger partial charge in [0.1, 0.15) is 10.1 Å². The molecular formula is C48H68O3S2. The normalized spacial score (nSPS) is 12.5. The molecule has 4 aromatic carbocycles. The van der Waals surface area contributed by atoms with Crippen LogP contribution in [0.5, 0.6) is 0 Å². The minimum Gasteiger partial charge on any atom is -0.744 e. The van der Waals surface area contributed by atoms with Crippen LogP contribution >= 0.6 is 0 Å². The molecule has 53 heavy (non-hydrogen) atoms. The summed E-state index contributed by atoms with van der Waals surface area (Å²) in [7, 11) is -4.47. The van der Waals surface area contributed by atoms with Gasteiger partial charge in [-0.3, -0.25) is 0 Å². The Bertz CT molecular complexity index is 1610. The average molecular weight is 757 g/mol. The van der Waals surface area contributed by atoms with E-state index in [0.29, 0.717) is 12.0 Å². The standard InChI is InChI=1S/C30H39S.C18H30O3S/c1-28(2,3)22-10-16-25(17-11-22)31(26-18-12-23(13-19-26)29(4,5)6)27-20-14-24(15-21-27)30(7,8)9;1-2-3-4-5-6-7-8-9-10-11-14-17-15-12-13-16-18(17)22(19,20)21/h10-21H,1-9H3;12-13,15-16H,2-11,14H2,1H3,(H,19,20,21)/q+1;/p-1. The summed E-state index contributed by atoms with van der Waals surface area (Å²) in [5, 5.41) is 0. The van der Waals surface area contributed by atoms with Crippen LogP contribution in [0.25, 0.3) is 0 Å². The molecule has 0 spiro atoms. The average Bonchev–Trinajstić information content (AvgIpc) is 3.09. The summed E-state index contributed by atoms with van der Waals surface area (Å²) >= 11 is 0. The molecular weight excluding hydrogens is 689 g/mol. The van der Waals surface area contributed by atoms with Gasteiger partial charge in [0.05, 0.1) is 15.8 Å². The number of hydrogen-bond acceptors (Lipinski definition) is 3. The minimum atomic E-state index is -4.35. The van der Waals surface area contributed by atoms with Crippen LogP contribution < -0.4 is 0 Å². The first-order valence-corrected chi connectivity index (χ1v) is 22.6. The molecule has 0 saturated carbocycles. The molecule has 4 rings (SSSR count). The van der Waals surface area contributed by atoms with Crippen LogP contribution in [0.1, 0.15) is 156 Å². The first-order chi connectivity index (χ1) is 24.8. The molecule has 5 heteroatoms. The number of benzene rings is 4. The Balaban J connectivity index is 0.000000304. The highest BCUT2D eigenvalue weighted by Crippen LogP contribution is 2.35. The Labute approximate surface area is 327 Å². The molecule has 0 saturated heterocycles. The fourth-order valence-corrected chi connectivity index (χ4v) is 9.22. The van der Waals surface area contributed by atoms with Crippen molar-refractivity contribution in [1.29, 1.82) is 0 Å². The van der Waals surface area contributed by atoms with Gasteiger partial charge in [-0.15, -0.1) is 0 Å². The summed E-state index contributed by atoms with van der Waals surface area (Å²) < 4.78 is 33.5. The van der Waals surface area contributed by atoms with Crippen LogP contribution in [0.4, 0.5) is 0 Å². The van der Waals surface area contributed by atoms with Crippen molar-refractivity contribution in [2.45, 2.75) is 176 Å². The number of aryl methyl sites for hydroxylation is 1. The third-order valence-electron chi connectivity index (χ3n) is 9.91. The zero-order chi connectivity index (χ0) is 39.3. The molecule has 0 radical (unpaired) electrons. The first-order valence-electron chi connectivity index (χ1n) is 19.9. The second-order valence-electron chi connectivity index (χ2n) is 17.6. The molecule has 0 fully saturated rings. The van der Waals surface area contributed by atoms with Crippen LogP contribution in [0.2, 0.25) is 0 Å². The second kappa shape index (κ2) is 20.2. The van der Waals surface area contributed by atoms with Gasteiger partial charge in [-0.05, 0) is 93.8 Å². The molecule has 290 valence electrons. The van der Waals surface area contributed by atoms with Crippen molar-refractivity contribution in [2.24, 2.45) is 0 Å². The lowest BCUT2D eigenvalue weighted by atomic mass is 9.87. The van der Waals surface area contributed by atoms with Crippen LogP contribution in [0, 0.1) is 0 Å². The van der Waals surface area contributed by atoms with E-state index in [9.17, 15) is 13.0 Å². The molecule has 0 atom stereocenters. The van der Waals surface area contributed by atoms with Crippen molar-refractivity contribution in [3.63, 3.8) is 0 Å². The quantitative estimate of drug-likeness (QED) is 0.0689. The molecule has 0 unspecified atom stereocenters. The predicted octanol–water partition coefficient (Wildman–Crippen LogP) is 13.7. The van der Waals surface area contributed by atoms with Crippen LogP contribution in [-0.2, 0) is 43.7 Å². The number of rotatable bonds is 15. The summed E-state index contributed by atoms with van der Waals surface area (Å²) in [6.45, 7) is 22.7. The fraction of sp³-hybridized carbons (Fsp3) is 0.500. The van der Waals surface area contributed by atoms with E-state index in [-0.39, 0.29) is 32.0 Å². The van der Waals surface area contributed by atoms with Crippen LogP contribution in [0.3, 0.4) is 0 Å². The summed E-state index contributed by atoms with van der Waals surface area (Å²) in [6, 6.07) is 34.4. The molecule has 0 N–H and O–H groups in total. The van der Waals surface area contributed by atoms with Gasteiger partial charge in [0.15, 0.2) is 14.7 Å². The zero-order valence-corrected chi connectivity index (χ0v) is 36.2. The van der Waals surface area contributed by atoms with E-state index in [0.717, 1.165) is 12.8 Å². The third kappa shape index (κ3) is 14.7. The highest BCUT2D eigenvalue weighted by Gasteiger charge is 2.30. The highest BCUT2D eigenvalue weighted by atomic mass is 32.2. The Hall–Kier alpha value is -2.86. The number of hydrogen-bond donors (Lipinski definition) is 0. The second-order valence-corrected chi connectivity index (χ2v) is 21.0. The van der Waals surface area contributed by atoms with E-state index in [1.165, 1.54) is 88.8 Å². The lowest BCUT2D eigenvalue weighted by Gasteiger charge is -2.21. The highest BCUT2D eigenvalue weighted by molar-refractivity contribution is 7.97. The van der Waals surface area contributed by atoms with E-state index in [1.807, 2.05) is 0 Å². The lowest BCUT2D eigenvalue weighted by molar-refractivity contribution is 0.461.